The van der Waals surface area contributed by atoms with Crippen molar-refractivity contribution in [2.75, 3.05) is 67.2 Å². The van der Waals surface area contributed by atoms with Crippen molar-refractivity contribution in [2.45, 2.75) is 18.9 Å². The summed E-state index contributed by atoms with van der Waals surface area (Å²) in [4.78, 5) is 14.7. The topological polar surface area (TPSA) is 54.4 Å². The number of ether oxygens (including phenoxy) is 1. The summed E-state index contributed by atoms with van der Waals surface area (Å²) < 4.78 is 15.6. The molecule has 0 saturated carbocycles. The molecule has 0 bridgehead atoms. The van der Waals surface area contributed by atoms with Crippen LogP contribution in [0.3, 0.4) is 0 Å². The number of rotatable bonds is 10. The molecular formula is C13H30N2O4Si. The normalized spacial score (nSPS) is 18.6. The Kier molecular flexibility index (Phi) is 8.86. The SMILES string of the molecule is CO[Si](O)(CCCOCCCN1CCN(C)CC1)OC. The molecule has 0 radical (unpaired) electrons. The highest BCUT2D eigenvalue weighted by Crippen LogP contribution is 2.10. The monoisotopic (exact) mass is 306 g/mol. The highest BCUT2D eigenvalue weighted by Gasteiger charge is 2.33. The molecule has 1 saturated heterocycles. The molecule has 1 aliphatic heterocycles. The zero-order valence-corrected chi connectivity index (χ0v) is 14.1. The summed E-state index contributed by atoms with van der Waals surface area (Å²) in [5.74, 6) is 0. The van der Waals surface area contributed by atoms with E-state index in [2.05, 4.69) is 16.8 Å². The van der Waals surface area contributed by atoms with Crippen LogP contribution in [-0.2, 0) is 13.6 Å². The summed E-state index contributed by atoms with van der Waals surface area (Å²) in [6, 6.07) is 0.554. The van der Waals surface area contributed by atoms with Gasteiger partial charge in [-0.3, -0.25) is 0 Å². The molecular weight excluding hydrogens is 276 g/mol. The minimum absolute atomic E-state index is 0.554. The van der Waals surface area contributed by atoms with Crippen LogP contribution in [0.5, 0.6) is 0 Å². The molecule has 20 heavy (non-hydrogen) atoms. The number of nitrogens with zero attached hydrogens (tertiary/aromatic N) is 2. The Bertz CT molecular complexity index is 247. The van der Waals surface area contributed by atoms with Gasteiger partial charge in [0.25, 0.3) is 0 Å². The van der Waals surface area contributed by atoms with Crippen LogP contribution < -0.4 is 0 Å². The van der Waals surface area contributed by atoms with Gasteiger partial charge in [0.2, 0.25) is 0 Å². The molecule has 6 nitrogen and oxygen atoms in total. The van der Waals surface area contributed by atoms with Crippen LogP contribution in [0.2, 0.25) is 6.04 Å². The molecule has 0 amide bonds. The number of likely N-dealkylation sites (N-methyl/N-ethyl adjacent to an activating group) is 1. The third kappa shape index (κ3) is 7.12. The third-order valence-electron chi connectivity index (χ3n) is 3.78. The minimum Gasteiger partial charge on any atom is -0.390 e. The number of hydrogen-bond donors (Lipinski definition) is 1. The maximum absolute atomic E-state index is 9.85. The largest absolute Gasteiger partial charge is 0.497 e. The van der Waals surface area contributed by atoms with E-state index in [0.717, 1.165) is 52.2 Å². The van der Waals surface area contributed by atoms with Crippen LogP contribution in [0, 0.1) is 0 Å². The fourth-order valence-electron chi connectivity index (χ4n) is 2.25. The molecule has 1 fully saturated rings. The van der Waals surface area contributed by atoms with Crippen LogP contribution in [0.1, 0.15) is 12.8 Å². The van der Waals surface area contributed by atoms with E-state index in [0.29, 0.717) is 12.7 Å². The predicted octanol–water partition coefficient (Wildman–Crippen LogP) is 0.255. The molecule has 0 aliphatic carbocycles. The Labute approximate surface area is 124 Å². The summed E-state index contributed by atoms with van der Waals surface area (Å²) in [6.45, 7) is 7.21. The fraction of sp³-hybridized carbons (Fsp3) is 1.00. The van der Waals surface area contributed by atoms with E-state index in [1.807, 2.05) is 0 Å². The first kappa shape index (κ1) is 18.0. The Hall–Kier alpha value is -0.0231. The molecule has 0 aromatic carbocycles. The summed E-state index contributed by atoms with van der Waals surface area (Å²) >= 11 is 0. The van der Waals surface area contributed by atoms with E-state index in [-0.39, 0.29) is 0 Å². The third-order valence-corrected chi connectivity index (χ3v) is 6.04. The van der Waals surface area contributed by atoms with Gasteiger partial charge in [-0.15, -0.1) is 0 Å². The molecule has 0 unspecified atom stereocenters. The van der Waals surface area contributed by atoms with Gasteiger partial charge in [-0.25, -0.2) is 0 Å². The first-order valence-electron chi connectivity index (χ1n) is 7.41. The van der Waals surface area contributed by atoms with Crippen LogP contribution in [0.15, 0.2) is 0 Å². The first-order valence-corrected chi connectivity index (χ1v) is 9.38. The Morgan fingerprint density at radius 3 is 2.20 bits per heavy atom. The molecule has 0 aromatic rings. The van der Waals surface area contributed by atoms with Crippen molar-refractivity contribution in [3.05, 3.63) is 0 Å². The highest BCUT2D eigenvalue weighted by molar-refractivity contribution is 6.59. The highest BCUT2D eigenvalue weighted by atomic mass is 28.4. The maximum atomic E-state index is 9.85. The summed E-state index contributed by atoms with van der Waals surface area (Å²) in [6.07, 6.45) is 1.85. The van der Waals surface area contributed by atoms with Crippen LogP contribution in [0.4, 0.5) is 0 Å². The number of hydrogen-bond acceptors (Lipinski definition) is 6. The van der Waals surface area contributed by atoms with E-state index in [1.54, 1.807) is 0 Å². The van der Waals surface area contributed by atoms with Gasteiger partial charge in [0.05, 0.1) is 0 Å². The molecule has 1 aliphatic rings. The lowest BCUT2D eigenvalue weighted by Gasteiger charge is -2.32. The Morgan fingerprint density at radius 1 is 1.00 bits per heavy atom. The van der Waals surface area contributed by atoms with Crippen molar-refractivity contribution in [3.8, 4) is 0 Å². The molecule has 7 heteroatoms. The average molecular weight is 306 g/mol. The van der Waals surface area contributed by atoms with Crippen LogP contribution >= 0.6 is 0 Å². The van der Waals surface area contributed by atoms with Crippen LogP contribution in [-0.4, -0.2) is 90.6 Å². The Balaban J connectivity index is 1.92. The van der Waals surface area contributed by atoms with Gasteiger partial charge >= 0.3 is 8.80 Å². The second-order valence-corrected chi connectivity index (χ2v) is 8.08. The quantitative estimate of drug-likeness (QED) is 0.461. The van der Waals surface area contributed by atoms with E-state index >= 15 is 0 Å². The van der Waals surface area contributed by atoms with Crippen molar-refractivity contribution in [3.63, 3.8) is 0 Å². The van der Waals surface area contributed by atoms with Crippen molar-refractivity contribution >= 4 is 8.80 Å². The fourth-order valence-corrected chi connectivity index (χ4v) is 3.41. The minimum atomic E-state index is -2.89. The van der Waals surface area contributed by atoms with E-state index in [4.69, 9.17) is 13.6 Å². The molecule has 0 atom stereocenters. The lowest BCUT2D eigenvalue weighted by molar-refractivity contribution is 0.101. The zero-order chi connectivity index (χ0) is 14.8. The molecule has 0 aromatic heterocycles. The number of piperazine rings is 1. The summed E-state index contributed by atoms with van der Waals surface area (Å²) in [5.41, 5.74) is 0. The van der Waals surface area contributed by atoms with Crippen LogP contribution in [0.25, 0.3) is 0 Å². The summed E-state index contributed by atoms with van der Waals surface area (Å²) in [5, 5.41) is 0. The second-order valence-electron chi connectivity index (χ2n) is 5.34. The lowest BCUT2D eigenvalue weighted by Crippen LogP contribution is -2.44. The van der Waals surface area contributed by atoms with Crippen molar-refractivity contribution in [1.82, 2.24) is 9.80 Å². The van der Waals surface area contributed by atoms with Crippen molar-refractivity contribution < 1.29 is 18.4 Å². The van der Waals surface area contributed by atoms with Gasteiger partial charge in [-0.05, 0) is 19.9 Å². The summed E-state index contributed by atoms with van der Waals surface area (Å²) in [7, 11) is 2.26. The zero-order valence-electron chi connectivity index (χ0n) is 13.1. The average Bonchev–Trinajstić information content (AvgIpc) is 2.48. The van der Waals surface area contributed by atoms with E-state index in [9.17, 15) is 4.80 Å². The molecule has 1 heterocycles. The first-order chi connectivity index (χ1) is 9.59. The molecule has 120 valence electrons. The van der Waals surface area contributed by atoms with Gasteiger partial charge in [-0.2, -0.15) is 0 Å². The molecule has 0 spiro atoms. The Morgan fingerprint density at radius 2 is 1.60 bits per heavy atom. The molecule has 1 rings (SSSR count). The van der Waals surface area contributed by atoms with E-state index in [1.165, 1.54) is 14.2 Å². The van der Waals surface area contributed by atoms with Gasteiger partial charge < -0.3 is 28.2 Å². The van der Waals surface area contributed by atoms with Gasteiger partial charge in [0, 0.05) is 66.2 Å². The van der Waals surface area contributed by atoms with Gasteiger partial charge in [-0.1, -0.05) is 0 Å². The van der Waals surface area contributed by atoms with Crippen molar-refractivity contribution in [1.29, 1.82) is 0 Å². The van der Waals surface area contributed by atoms with Gasteiger partial charge in [0.15, 0.2) is 0 Å². The molecule has 1 N–H and O–H groups in total. The maximum Gasteiger partial charge on any atom is 0.497 e. The second kappa shape index (κ2) is 9.83. The van der Waals surface area contributed by atoms with Gasteiger partial charge in [0.1, 0.15) is 0 Å². The standard InChI is InChI=1S/C13H30N2O4Si/c1-14-7-9-15(10-8-14)6-4-11-19-12-5-13-20(16,17-2)18-3/h16H,4-13H2,1-3H3. The smallest absolute Gasteiger partial charge is 0.390 e. The lowest BCUT2D eigenvalue weighted by atomic mass is 10.3. The van der Waals surface area contributed by atoms with E-state index < -0.39 is 8.80 Å². The van der Waals surface area contributed by atoms with Crippen molar-refractivity contribution in [2.24, 2.45) is 0 Å². The predicted molar refractivity (Wildman–Crippen MR) is 80.8 cm³/mol.